The number of benzene rings is 2. The molecular formula is C39H46FNO6. The van der Waals surface area contributed by atoms with Gasteiger partial charge in [0.2, 0.25) is 0 Å². The molecule has 1 saturated heterocycles. The number of pyridine rings is 1. The Kier molecular flexibility index (Phi) is 10.0. The maximum absolute atomic E-state index is 14.2. The number of fused-ring (bicyclic) bond motifs is 3. The lowest BCUT2D eigenvalue weighted by atomic mass is 9.86. The first-order chi connectivity index (χ1) is 22.1. The summed E-state index contributed by atoms with van der Waals surface area (Å²) in [6, 6.07) is 12.3. The minimum atomic E-state index is -0.903. The van der Waals surface area contributed by atoms with Gasteiger partial charge in [-0.1, -0.05) is 44.2 Å². The Morgan fingerprint density at radius 1 is 1.09 bits per heavy atom. The number of hydrogen-bond acceptors (Lipinski definition) is 7. The van der Waals surface area contributed by atoms with Crippen molar-refractivity contribution in [3.63, 3.8) is 0 Å². The van der Waals surface area contributed by atoms with Crippen molar-refractivity contribution in [3.8, 4) is 22.4 Å². The van der Waals surface area contributed by atoms with Crippen molar-refractivity contribution >= 4 is 18.0 Å². The molecule has 0 unspecified atom stereocenters. The lowest BCUT2D eigenvalue weighted by Gasteiger charge is -2.40. The van der Waals surface area contributed by atoms with Crippen LogP contribution in [0.4, 0.5) is 4.39 Å². The summed E-state index contributed by atoms with van der Waals surface area (Å²) in [7, 11) is 1.39. The molecule has 0 N–H and O–H groups in total. The van der Waals surface area contributed by atoms with Crippen LogP contribution in [0.25, 0.3) is 28.5 Å². The van der Waals surface area contributed by atoms with Gasteiger partial charge in [0.25, 0.3) is 0 Å². The molecule has 2 atom stereocenters. The zero-order chi connectivity index (χ0) is 34.1. The van der Waals surface area contributed by atoms with E-state index in [1.807, 2.05) is 65.0 Å². The van der Waals surface area contributed by atoms with Crippen LogP contribution >= 0.6 is 0 Å². The number of methoxy groups -OCH3 is 1. The molecule has 1 fully saturated rings. The van der Waals surface area contributed by atoms with Gasteiger partial charge in [-0.05, 0) is 106 Å². The predicted octanol–water partition coefficient (Wildman–Crippen LogP) is 8.61. The lowest BCUT2D eigenvalue weighted by molar-refractivity contribution is -0.290. The number of esters is 2. The number of aromatic nitrogens is 1. The third-order valence-corrected chi connectivity index (χ3v) is 8.37. The van der Waals surface area contributed by atoms with Crippen molar-refractivity contribution in [2.45, 2.75) is 110 Å². The Morgan fingerprint density at radius 2 is 1.81 bits per heavy atom. The Hall–Kier alpha value is -3.88. The molecule has 250 valence electrons. The summed E-state index contributed by atoms with van der Waals surface area (Å²) in [5, 5.41) is 0. The lowest BCUT2D eigenvalue weighted by Crippen LogP contribution is -2.45. The fourth-order valence-corrected chi connectivity index (χ4v) is 6.57. The van der Waals surface area contributed by atoms with Gasteiger partial charge in [0.15, 0.2) is 5.79 Å². The van der Waals surface area contributed by atoms with E-state index in [4.69, 9.17) is 23.9 Å². The third-order valence-electron chi connectivity index (χ3n) is 8.37. The fraction of sp³-hybridized carbons (Fsp3) is 0.462. The third kappa shape index (κ3) is 8.17. The highest BCUT2D eigenvalue weighted by Crippen LogP contribution is 2.42. The van der Waals surface area contributed by atoms with Gasteiger partial charge in [0.05, 0.1) is 42.7 Å². The highest BCUT2D eigenvalue weighted by atomic mass is 19.1. The summed E-state index contributed by atoms with van der Waals surface area (Å²) in [6.45, 7) is 13.5. The molecule has 5 rings (SSSR count). The summed E-state index contributed by atoms with van der Waals surface area (Å²) in [4.78, 5) is 30.3. The van der Waals surface area contributed by atoms with Gasteiger partial charge in [-0.3, -0.25) is 9.78 Å². The van der Waals surface area contributed by atoms with E-state index in [1.54, 1.807) is 6.07 Å². The normalized spacial score (nSPS) is 19.2. The molecule has 8 heteroatoms. The predicted molar refractivity (Wildman–Crippen MR) is 180 cm³/mol. The second-order valence-corrected chi connectivity index (χ2v) is 14.2. The molecule has 47 heavy (non-hydrogen) atoms. The van der Waals surface area contributed by atoms with Crippen LogP contribution in [0.5, 0.6) is 0 Å². The van der Waals surface area contributed by atoms with Crippen molar-refractivity contribution in [3.05, 3.63) is 82.3 Å². The zero-order valence-corrected chi connectivity index (χ0v) is 28.7. The molecule has 0 amide bonds. The van der Waals surface area contributed by atoms with Crippen molar-refractivity contribution in [2.24, 2.45) is 0 Å². The number of carbonyl (C=O) groups is 2. The topological polar surface area (TPSA) is 84.0 Å². The number of rotatable bonds is 7. The van der Waals surface area contributed by atoms with E-state index >= 15 is 0 Å². The number of nitrogens with zero attached hydrogens (tertiary/aromatic N) is 1. The quantitative estimate of drug-likeness (QED) is 0.238. The zero-order valence-electron chi connectivity index (χ0n) is 28.7. The molecule has 0 radical (unpaired) electrons. The summed E-state index contributed by atoms with van der Waals surface area (Å²) >= 11 is 0. The molecular weight excluding hydrogens is 597 g/mol. The molecule has 0 spiro atoms. The van der Waals surface area contributed by atoms with Crippen LogP contribution in [0.3, 0.4) is 0 Å². The van der Waals surface area contributed by atoms with E-state index in [0.29, 0.717) is 12.0 Å². The Balaban J connectivity index is 1.61. The molecule has 2 heterocycles. The molecule has 1 aromatic heterocycles. The molecule has 3 aromatic rings. The Morgan fingerprint density at radius 3 is 2.47 bits per heavy atom. The molecule has 1 aliphatic carbocycles. The first-order valence-corrected chi connectivity index (χ1v) is 16.4. The van der Waals surface area contributed by atoms with Crippen LogP contribution in [0.1, 0.15) is 106 Å². The average Bonchev–Trinajstić information content (AvgIpc) is 3.16. The van der Waals surface area contributed by atoms with E-state index in [1.165, 1.54) is 19.2 Å². The summed E-state index contributed by atoms with van der Waals surface area (Å²) < 4.78 is 37.2. The Labute approximate surface area is 277 Å². The molecule has 7 nitrogen and oxygen atoms in total. The first kappa shape index (κ1) is 34.5. The van der Waals surface area contributed by atoms with E-state index in [9.17, 15) is 14.0 Å². The fourth-order valence-electron chi connectivity index (χ4n) is 6.57. The van der Waals surface area contributed by atoms with Crippen molar-refractivity contribution in [2.75, 3.05) is 7.11 Å². The van der Waals surface area contributed by atoms with Gasteiger partial charge >= 0.3 is 11.9 Å². The van der Waals surface area contributed by atoms with Crippen molar-refractivity contribution in [1.82, 2.24) is 4.98 Å². The maximum Gasteiger partial charge on any atom is 0.337 e. The van der Waals surface area contributed by atoms with Crippen LogP contribution < -0.4 is 0 Å². The molecule has 0 saturated carbocycles. The van der Waals surface area contributed by atoms with Gasteiger partial charge in [-0.2, -0.15) is 0 Å². The second-order valence-electron chi connectivity index (χ2n) is 14.2. The SMILES string of the molecule is COC(=O)c1ccc2c(c1)CCCc1c-2nc(C(C)C)c(C=C[C@@H]2C[C@H](CC(=O)OC(C)(C)C)OC(C)(C)O2)c1-c1ccc(F)cc1. The number of carbonyl (C=O) groups excluding carboxylic acids is 2. The van der Waals surface area contributed by atoms with Gasteiger partial charge in [0, 0.05) is 17.5 Å². The number of halogens is 1. The molecule has 2 aromatic carbocycles. The molecule has 1 aliphatic heterocycles. The maximum atomic E-state index is 14.2. The highest BCUT2D eigenvalue weighted by Gasteiger charge is 2.36. The van der Waals surface area contributed by atoms with Gasteiger partial charge in [-0.15, -0.1) is 0 Å². The minimum Gasteiger partial charge on any atom is -0.465 e. The standard InChI is InChI=1S/C39H46FNO6/c1-23(2)35-32(19-17-28-21-29(46-39(6,7)45-28)22-33(42)47-38(3,4)5)34(24-12-15-27(40)16-13-24)31-11-9-10-25-20-26(37(43)44-8)14-18-30(25)36(31)41-35/h12-20,23,28-29H,9-11,21-22H2,1-8H3/t28-,29-/m1/s1. The molecule has 2 aliphatic rings. The summed E-state index contributed by atoms with van der Waals surface area (Å²) in [5.41, 5.74) is 7.72. The summed E-state index contributed by atoms with van der Waals surface area (Å²) in [5.74, 6) is -1.82. The van der Waals surface area contributed by atoms with E-state index in [2.05, 4.69) is 19.9 Å². The molecule has 0 bridgehead atoms. The highest BCUT2D eigenvalue weighted by molar-refractivity contribution is 5.91. The van der Waals surface area contributed by atoms with Gasteiger partial charge in [0.1, 0.15) is 11.4 Å². The van der Waals surface area contributed by atoms with Crippen LogP contribution in [-0.4, -0.2) is 47.6 Å². The van der Waals surface area contributed by atoms with Crippen molar-refractivity contribution < 1.29 is 32.9 Å². The summed E-state index contributed by atoms with van der Waals surface area (Å²) in [6.07, 6.45) is 6.41. The average molecular weight is 644 g/mol. The number of hydrogen-bond donors (Lipinski definition) is 0. The minimum absolute atomic E-state index is 0.0622. The van der Waals surface area contributed by atoms with E-state index in [0.717, 1.165) is 64.0 Å². The van der Waals surface area contributed by atoms with Crippen LogP contribution in [0, 0.1) is 5.82 Å². The smallest absolute Gasteiger partial charge is 0.337 e. The van der Waals surface area contributed by atoms with Crippen molar-refractivity contribution in [1.29, 1.82) is 0 Å². The van der Waals surface area contributed by atoms with Crippen LogP contribution in [0.2, 0.25) is 0 Å². The largest absolute Gasteiger partial charge is 0.465 e. The van der Waals surface area contributed by atoms with E-state index < -0.39 is 11.4 Å². The number of aryl methyl sites for hydroxylation is 1. The van der Waals surface area contributed by atoms with Gasteiger partial charge < -0.3 is 18.9 Å². The van der Waals surface area contributed by atoms with Gasteiger partial charge in [-0.25, -0.2) is 9.18 Å². The monoisotopic (exact) mass is 643 g/mol. The number of ether oxygens (including phenoxy) is 4. The second kappa shape index (κ2) is 13.7. The van der Waals surface area contributed by atoms with Crippen LogP contribution in [-0.2, 0) is 36.6 Å². The van der Waals surface area contributed by atoms with Crippen LogP contribution in [0.15, 0.2) is 48.5 Å². The van der Waals surface area contributed by atoms with E-state index in [-0.39, 0.29) is 42.3 Å². The Bertz CT molecular complexity index is 1670. The first-order valence-electron chi connectivity index (χ1n) is 16.4.